The summed E-state index contributed by atoms with van der Waals surface area (Å²) in [7, 11) is 0. The molecule has 1 heterocycles. The number of carbonyl (C=O) groups excluding carboxylic acids is 1. The molecule has 2 aromatic rings. The molecule has 0 unspecified atom stereocenters. The van der Waals surface area contributed by atoms with E-state index in [1.54, 1.807) is 6.92 Å². The van der Waals surface area contributed by atoms with Crippen molar-refractivity contribution >= 4 is 23.2 Å². The minimum absolute atomic E-state index is 0.0383. The molecule has 0 atom stereocenters. The molecular weight excluding hydrogens is 245 g/mol. The average Bonchev–Trinajstić information content (AvgIpc) is 2.70. The number of benzene rings is 1. The quantitative estimate of drug-likeness (QED) is 0.865. The number of nitrogens with zero attached hydrogens (tertiary/aromatic N) is 1. The first-order chi connectivity index (χ1) is 8.06. The summed E-state index contributed by atoms with van der Waals surface area (Å²) in [5, 5.41) is 2.54. The highest BCUT2D eigenvalue weighted by molar-refractivity contribution is 6.31. The van der Waals surface area contributed by atoms with Gasteiger partial charge in [-0.25, -0.2) is 9.37 Å². The van der Waals surface area contributed by atoms with Crippen molar-refractivity contribution in [3.8, 4) is 0 Å². The molecule has 0 aliphatic rings. The maximum atomic E-state index is 12.9. The summed E-state index contributed by atoms with van der Waals surface area (Å²) in [6.45, 7) is 1.74. The fourth-order valence-corrected chi connectivity index (χ4v) is 1.49. The number of anilines is 1. The number of hydrogen-bond donors (Lipinski definition) is 2. The first-order valence-corrected chi connectivity index (χ1v) is 5.22. The lowest BCUT2D eigenvalue weighted by Gasteiger charge is -2.04. The molecule has 0 bridgehead atoms. The van der Waals surface area contributed by atoms with Crippen LogP contribution in [0.3, 0.4) is 0 Å². The van der Waals surface area contributed by atoms with Crippen molar-refractivity contribution in [2.45, 2.75) is 6.92 Å². The number of rotatable bonds is 2. The molecule has 6 heteroatoms. The van der Waals surface area contributed by atoms with Gasteiger partial charge in [0.15, 0.2) is 0 Å². The van der Waals surface area contributed by atoms with Crippen LogP contribution in [0.1, 0.15) is 16.3 Å². The van der Waals surface area contributed by atoms with Crippen molar-refractivity contribution in [1.82, 2.24) is 9.97 Å². The lowest BCUT2D eigenvalue weighted by Crippen LogP contribution is -2.12. The number of halogens is 2. The second-order valence-corrected chi connectivity index (χ2v) is 3.87. The molecule has 2 N–H and O–H groups in total. The molecule has 1 amide bonds. The summed E-state index contributed by atoms with van der Waals surface area (Å²) in [5.74, 6) is -0.234. The minimum atomic E-state index is -0.526. The van der Waals surface area contributed by atoms with Crippen LogP contribution >= 0.6 is 11.6 Å². The highest BCUT2D eigenvalue weighted by Gasteiger charge is 2.09. The number of aromatic amines is 1. The normalized spacial score (nSPS) is 10.3. The number of aromatic nitrogens is 2. The molecule has 0 radical (unpaired) electrons. The van der Waals surface area contributed by atoms with E-state index >= 15 is 0 Å². The lowest BCUT2D eigenvalue weighted by molar-refractivity contribution is 0.102. The zero-order valence-corrected chi connectivity index (χ0v) is 9.68. The smallest absolute Gasteiger partial charge is 0.273 e. The van der Waals surface area contributed by atoms with E-state index in [-0.39, 0.29) is 10.9 Å². The predicted molar refractivity (Wildman–Crippen MR) is 62.7 cm³/mol. The number of carbonyl (C=O) groups is 1. The SMILES string of the molecule is Cc1ncc(C(=O)Nc2ccc(F)c(Cl)c2)[nH]1. The third-order valence-corrected chi connectivity index (χ3v) is 2.41. The Bertz CT molecular complexity index is 568. The van der Waals surface area contributed by atoms with E-state index in [0.717, 1.165) is 0 Å². The van der Waals surface area contributed by atoms with Crippen LogP contribution in [-0.4, -0.2) is 15.9 Å². The summed E-state index contributed by atoms with van der Waals surface area (Å²) in [4.78, 5) is 18.4. The van der Waals surface area contributed by atoms with E-state index < -0.39 is 5.82 Å². The van der Waals surface area contributed by atoms with Crippen LogP contribution in [0.2, 0.25) is 5.02 Å². The fraction of sp³-hybridized carbons (Fsp3) is 0.0909. The van der Waals surface area contributed by atoms with Gasteiger partial charge in [-0.2, -0.15) is 0 Å². The first kappa shape index (κ1) is 11.6. The van der Waals surface area contributed by atoms with E-state index in [9.17, 15) is 9.18 Å². The molecule has 0 fully saturated rings. The van der Waals surface area contributed by atoms with E-state index in [2.05, 4.69) is 15.3 Å². The van der Waals surface area contributed by atoms with Crippen LogP contribution in [0.15, 0.2) is 24.4 Å². The van der Waals surface area contributed by atoms with E-state index in [1.165, 1.54) is 24.4 Å². The lowest BCUT2D eigenvalue weighted by atomic mass is 10.3. The summed E-state index contributed by atoms with van der Waals surface area (Å²) in [5.41, 5.74) is 0.761. The van der Waals surface area contributed by atoms with Gasteiger partial charge < -0.3 is 10.3 Å². The maximum absolute atomic E-state index is 12.9. The van der Waals surface area contributed by atoms with Crippen LogP contribution in [0, 0.1) is 12.7 Å². The van der Waals surface area contributed by atoms with E-state index in [0.29, 0.717) is 17.2 Å². The van der Waals surface area contributed by atoms with E-state index in [1.807, 2.05) is 0 Å². The third-order valence-electron chi connectivity index (χ3n) is 2.12. The Labute approximate surface area is 102 Å². The highest BCUT2D eigenvalue weighted by Crippen LogP contribution is 2.19. The zero-order chi connectivity index (χ0) is 12.4. The zero-order valence-electron chi connectivity index (χ0n) is 8.92. The van der Waals surface area contributed by atoms with Gasteiger partial charge in [-0.1, -0.05) is 11.6 Å². The number of H-pyrrole nitrogens is 1. The molecular formula is C11H9ClFN3O. The Hall–Kier alpha value is -1.88. The Morgan fingerprint density at radius 2 is 2.29 bits per heavy atom. The molecule has 0 saturated heterocycles. The second-order valence-electron chi connectivity index (χ2n) is 3.47. The van der Waals surface area contributed by atoms with Gasteiger partial charge in [0, 0.05) is 5.69 Å². The number of nitrogens with one attached hydrogen (secondary N) is 2. The van der Waals surface area contributed by atoms with Crippen LogP contribution < -0.4 is 5.32 Å². The van der Waals surface area contributed by atoms with Crippen molar-refractivity contribution in [2.75, 3.05) is 5.32 Å². The van der Waals surface area contributed by atoms with Gasteiger partial charge in [0.1, 0.15) is 17.3 Å². The van der Waals surface area contributed by atoms with Gasteiger partial charge in [-0.05, 0) is 25.1 Å². The Kier molecular flexibility index (Phi) is 3.10. The molecule has 4 nitrogen and oxygen atoms in total. The van der Waals surface area contributed by atoms with Crippen molar-refractivity contribution in [1.29, 1.82) is 0 Å². The molecule has 88 valence electrons. The molecule has 17 heavy (non-hydrogen) atoms. The Morgan fingerprint density at radius 3 is 2.88 bits per heavy atom. The second kappa shape index (κ2) is 4.55. The van der Waals surface area contributed by atoms with Crippen LogP contribution in [-0.2, 0) is 0 Å². The van der Waals surface area contributed by atoms with Crippen molar-refractivity contribution in [2.24, 2.45) is 0 Å². The predicted octanol–water partition coefficient (Wildman–Crippen LogP) is 2.76. The van der Waals surface area contributed by atoms with Crippen LogP contribution in [0.4, 0.5) is 10.1 Å². The molecule has 0 aliphatic carbocycles. The van der Waals surface area contributed by atoms with Gasteiger partial charge in [-0.15, -0.1) is 0 Å². The average molecular weight is 254 g/mol. The van der Waals surface area contributed by atoms with Gasteiger partial charge in [0.05, 0.1) is 11.2 Å². The molecule has 0 saturated carbocycles. The summed E-state index contributed by atoms with van der Waals surface area (Å²) >= 11 is 5.60. The summed E-state index contributed by atoms with van der Waals surface area (Å²) < 4.78 is 12.9. The van der Waals surface area contributed by atoms with Crippen molar-refractivity contribution in [3.05, 3.63) is 46.8 Å². The monoisotopic (exact) mass is 253 g/mol. The number of amides is 1. The van der Waals surface area contributed by atoms with Gasteiger partial charge >= 0.3 is 0 Å². The topological polar surface area (TPSA) is 57.8 Å². The molecule has 1 aromatic heterocycles. The van der Waals surface area contributed by atoms with Gasteiger partial charge in [-0.3, -0.25) is 4.79 Å². The summed E-state index contributed by atoms with van der Waals surface area (Å²) in [6.07, 6.45) is 1.43. The first-order valence-electron chi connectivity index (χ1n) is 4.84. The molecule has 0 aliphatic heterocycles. The number of hydrogen-bond acceptors (Lipinski definition) is 2. The Balaban J connectivity index is 2.15. The summed E-state index contributed by atoms with van der Waals surface area (Å²) in [6, 6.07) is 3.97. The Morgan fingerprint density at radius 1 is 1.53 bits per heavy atom. The molecule has 1 aromatic carbocycles. The molecule has 2 rings (SSSR count). The van der Waals surface area contributed by atoms with Gasteiger partial charge in [0.25, 0.3) is 5.91 Å². The van der Waals surface area contributed by atoms with Crippen molar-refractivity contribution in [3.63, 3.8) is 0 Å². The van der Waals surface area contributed by atoms with Gasteiger partial charge in [0.2, 0.25) is 0 Å². The third kappa shape index (κ3) is 2.62. The maximum Gasteiger partial charge on any atom is 0.273 e. The van der Waals surface area contributed by atoms with Crippen LogP contribution in [0.5, 0.6) is 0 Å². The number of imidazole rings is 1. The van der Waals surface area contributed by atoms with Crippen molar-refractivity contribution < 1.29 is 9.18 Å². The number of aryl methyl sites for hydroxylation is 1. The van der Waals surface area contributed by atoms with Crippen LogP contribution in [0.25, 0.3) is 0 Å². The largest absolute Gasteiger partial charge is 0.338 e. The standard InChI is InChI=1S/C11H9ClFN3O/c1-6-14-5-10(15-6)11(17)16-7-2-3-9(13)8(12)4-7/h2-5H,1H3,(H,14,15)(H,16,17). The molecule has 0 spiro atoms. The minimum Gasteiger partial charge on any atom is -0.338 e. The highest BCUT2D eigenvalue weighted by atomic mass is 35.5. The fourth-order valence-electron chi connectivity index (χ4n) is 1.31. The van der Waals surface area contributed by atoms with E-state index in [4.69, 9.17) is 11.6 Å².